The van der Waals surface area contributed by atoms with Gasteiger partial charge in [-0.05, 0) is 68.2 Å². The van der Waals surface area contributed by atoms with Crippen molar-refractivity contribution < 1.29 is 22.7 Å². The Morgan fingerprint density at radius 2 is 2.03 bits per heavy atom. The van der Waals surface area contributed by atoms with E-state index in [0.29, 0.717) is 17.0 Å². The molecule has 5 rings (SSSR count). The lowest BCUT2D eigenvalue weighted by Crippen LogP contribution is -2.44. The SMILES string of the molecule is Cc1cn(-c2ccc(C(=O)NCC3=CC4(CCC4)Oc4ccc(C(F)(F)F)cc43)n(CCCl)c2=O)cn1. The summed E-state index contributed by atoms with van der Waals surface area (Å²) >= 11 is 5.92. The van der Waals surface area contributed by atoms with E-state index in [1.807, 2.05) is 6.08 Å². The summed E-state index contributed by atoms with van der Waals surface area (Å²) in [4.78, 5) is 30.5. The number of amides is 1. The lowest BCUT2D eigenvalue weighted by atomic mass is 9.76. The van der Waals surface area contributed by atoms with Crippen LogP contribution in [-0.2, 0) is 12.7 Å². The number of hydrogen-bond donors (Lipinski definition) is 1. The second-order valence-corrected chi connectivity index (χ2v) is 9.63. The standard InChI is InChI=1S/C26H24ClF3N4O3/c1-16-14-33(15-32-16)21-5-4-20(34(10-9-27)24(21)36)23(35)31-13-17-12-25(7-2-8-25)37-22-6-3-18(11-19(17)22)26(28,29)30/h3-6,11-12,14-15H,2,7-10,13H2,1H3,(H,31,35). The van der Waals surface area contributed by atoms with E-state index in [-0.39, 0.29) is 30.2 Å². The fourth-order valence-electron chi connectivity index (χ4n) is 4.69. The fourth-order valence-corrected chi connectivity index (χ4v) is 4.86. The normalized spacial score (nSPS) is 16.0. The first-order valence-corrected chi connectivity index (χ1v) is 12.3. The zero-order valence-corrected chi connectivity index (χ0v) is 20.7. The van der Waals surface area contributed by atoms with Gasteiger partial charge in [-0.25, -0.2) is 4.98 Å². The molecule has 3 heterocycles. The van der Waals surface area contributed by atoms with Crippen molar-refractivity contribution in [3.05, 3.63) is 81.8 Å². The van der Waals surface area contributed by atoms with E-state index in [9.17, 15) is 22.8 Å². The molecule has 1 spiro atoms. The van der Waals surface area contributed by atoms with Gasteiger partial charge in [0, 0.05) is 30.7 Å². The number of nitrogens with one attached hydrogen (secondary N) is 1. The Balaban J connectivity index is 1.44. The number of aromatic nitrogens is 3. The monoisotopic (exact) mass is 532 g/mol. The molecule has 0 radical (unpaired) electrons. The second-order valence-electron chi connectivity index (χ2n) is 9.25. The molecule has 0 saturated heterocycles. The number of nitrogens with zero attached hydrogens (tertiary/aromatic N) is 3. The maximum Gasteiger partial charge on any atom is 0.416 e. The molecule has 194 valence electrons. The maximum atomic E-state index is 13.4. The number of hydrogen-bond acceptors (Lipinski definition) is 4. The molecule has 1 aliphatic carbocycles. The fraction of sp³-hybridized carbons (Fsp3) is 0.346. The number of aryl methyl sites for hydroxylation is 1. The molecule has 1 fully saturated rings. The second kappa shape index (κ2) is 9.41. The molecule has 1 amide bonds. The van der Waals surface area contributed by atoms with E-state index in [4.69, 9.17) is 16.3 Å². The lowest BCUT2D eigenvalue weighted by Gasteiger charge is -2.43. The van der Waals surface area contributed by atoms with Crippen LogP contribution in [-0.4, -0.2) is 38.1 Å². The van der Waals surface area contributed by atoms with E-state index in [2.05, 4.69) is 10.3 Å². The topological polar surface area (TPSA) is 78.2 Å². The molecule has 37 heavy (non-hydrogen) atoms. The van der Waals surface area contributed by atoms with E-state index >= 15 is 0 Å². The number of carbonyl (C=O) groups excluding carboxylic acids is 1. The molecule has 1 aromatic carbocycles. The zero-order chi connectivity index (χ0) is 26.4. The van der Waals surface area contributed by atoms with Crippen LogP contribution >= 0.6 is 11.6 Å². The van der Waals surface area contributed by atoms with Gasteiger partial charge in [0.25, 0.3) is 11.5 Å². The molecule has 1 N–H and O–H groups in total. The van der Waals surface area contributed by atoms with Crippen molar-refractivity contribution in [1.82, 2.24) is 19.4 Å². The van der Waals surface area contributed by atoms with Crippen LogP contribution in [0.2, 0.25) is 0 Å². The summed E-state index contributed by atoms with van der Waals surface area (Å²) in [5, 5.41) is 2.78. The smallest absolute Gasteiger partial charge is 0.416 e. The summed E-state index contributed by atoms with van der Waals surface area (Å²) in [5.74, 6) is -0.0804. The summed E-state index contributed by atoms with van der Waals surface area (Å²) in [5.41, 5.74) is 0.193. The largest absolute Gasteiger partial charge is 0.483 e. The van der Waals surface area contributed by atoms with Gasteiger partial charge in [-0.15, -0.1) is 11.6 Å². The summed E-state index contributed by atoms with van der Waals surface area (Å²) in [6, 6.07) is 6.44. The van der Waals surface area contributed by atoms with E-state index in [1.165, 1.54) is 29.1 Å². The van der Waals surface area contributed by atoms with Crippen LogP contribution in [0.15, 0.2) is 53.7 Å². The summed E-state index contributed by atoms with van der Waals surface area (Å²) < 4.78 is 49.1. The van der Waals surface area contributed by atoms with Crippen LogP contribution in [0.3, 0.4) is 0 Å². The molecule has 11 heteroatoms. The van der Waals surface area contributed by atoms with Gasteiger partial charge < -0.3 is 19.2 Å². The Hall–Kier alpha value is -3.53. The first-order chi connectivity index (χ1) is 17.6. The number of ether oxygens (including phenoxy) is 1. The molecule has 7 nitrogen and oxygen atoms in total. The van der Waals surface area contributed by atoms with Gasteiger partial charge in [0.05, 0.1) is 17.6 Å². The Morgan fingerprint density at radius 1 is 1.24 bits per heavy atom. The molecular weight excluding hydrogens is 509 g/mol. The first-order valence-electron chi connectivity index (χ1n) is 11.8. The van der Waals surface area contributed by atoms with Crippen molar-refractivity contribution >= 4 is 23.1 Å². The molecule has 2 aliphatic rings. The highest BCUT2D eigenvalue weighted by atomic mass is 35.5. The van der Waals surface area contributed by atoms with Crippen molar-refractivity contribution in [3.8, 4) is 11.4 Å². The highest BCUT2D eigenvalue weighted by Gasteiger charge is 2.42. The summed E-state index contributed by atoms with van der Waals surface area (Å²) in [7, 11) is 0. The van der Waals surface area contributed by atoms with Crippen LogP contribution in [0, 0.1) is 6.92 Å². The predicted molar refractivity (Wildman–Crippen MR) is 132 cm³/mol. The lowest BCUT2D eigenvalue weighted by molar-refractivity contribution is -0.137. The number of rotatable bonds is 6. The van der Waals surface area contributed by atoms with Crippen molar-refractivity contribution in [2.45, 2.75) is 44.5 Å². The minimum absolute atomic E-state index is 0.0320. The van der Waals surface area contributed by atoms with E-state index in [1.54, 1.807) is 17.7 Å². The van der Waals surface area contributed by atoms with Gasteiger partial charge in [-0.2, -0.15) is 13.2 Å². The maximum absolute atomic E-state index is 13.4. The number of carbonyl (C=O) groups is 1. The van der Waals surface area contributed by atoms with E-state index in [0.717, 1.165) is 37.1 Å². The average Bonchev–Trinajstić information content (AvgIpc) is 3.27. The Kier molecular flexibility index (Phi) is 6.39. The Labute approximate surface area is 215 Å². The van der Waals surface area contributed by atoms with Crippen LogP contribution in [0.1, 0.15) is 46.6 Å². The van der Waals surface area contributed by atoms with Crippen LogP contribution in [0.25, 0.3) is 11.3 Å². The zero-order valence-electron chi connectivity index (χ0n) is 19.9. The van der Waals surface area contributed by atoms with Gasteiger partial charge >= 0.3 is 6.18 Å². The highest BCUT2D eigenvalue weighted by Crippen LogP contribution is 2.46. The minimum Gasteiger partial charge on any atom is -0.483 e. The average molecular weight is 533 g/mol. The number of pyridine rings is 1. The van der Waals surface area contributed by atoms with Crippen molar-refractivity contribution in [3.63, 3.8) is 0 Å². The molecule has 0 bridgehead atoms. The van der Waals surface area contributed by atoms with Gasteiger partial charge in [-0.1, -0.05) is 0 Å². The van der Waals surface area contributed by atoms with Crippen LogP contribution < -0.4 is 15.6 Å². The first kappa shape index (κ1) is 25.1. The van der Waals surface area contributed by atoms with Crippen LogP contribution in [0.5, 0.6) is 5.75 Å². The number of fused-ring (bicyclic) bond motifs is 1. The number of halogens is 4. The molecule has 0 unspecified atom stereocenters. The van der Waals surface area contributed by atoms with Gasteiger partial charge in [0.2, 0.25) is 0 Å². The third kappa shape index (κ3) is 4.77. The Morgan fingerprint density at radius 3 is 2.65 bits per heavy atom. The molecule has 3 aromatic rings. The molecule has 1 saturated carbocycles. The van der Waals surface area contributed by atoms with Gasteiger partial charge in [-0.3, -0.25) is 9.59 Å². The highest BCUT2D eigenvalue weighted by molar-refractivity contribution is 6.17. The molecule has 1 aliphatic heterocycles. The van der Waals surface area contributed by atoms with Crippen molar-refractivity contribution in [2.75, 3.05) is 12.4 Å². The summed E-state index contributed by atoms with van der Waals surface area (Å²) in [6.07, 6.45) is 2.95. The Bertz CT molecular complexity index is 1450. The number of benzene rings is 1. The van der Waals surface area contributed by atoms with Gasteiger partial charge in [0.1, 0.15) is 22.7 Å². The third-order valence-corrected chi connectivity index (χ3v) is 6.90. The van der Waals surface area contributed by atoms with Gasteiger partial charge in [0.15, 0.2) is 0 Å². The molecule has 0 atom stereocenters. The quantitative estimate of drug-likeness (QED) is 0.466. The number of imidazole rings is 1. The van der Waals surface area contributed by atoms with Crippen molar-refractivity contribution in [1.29, 1.82) is 0 Å². The minimum atomic E-state index is -4.51. The molecule has 2 aromatic heterocycles. The third-order valence-electron chi connectivity index (χ3n) is 6.73. The van der Waals surface area contributed by atoms with Crippen LogP contribution in [0.4, 0.5) is 13.2 Å². The summed E-state index contributed by atoms with van der Waals surface area (Å²) in [6.45, 7) is 1.86. The van der Waals surface area contributed by atoms with E-state index < -0.39 is 28.8 Å². The predicted octanol–water partition coefficient (Wildman–Crippen LogP) is 4.73. The molecular formula is C26H24ClF3N4O3. The number of alkyl halides is 4. The van der Waals surface area contributed by atoms with Crippen molar-refractivity contribution in [2.24, 2.45) is 0 Å².